The topological polar surface area (TPSA) is 40.6 Å². The van der Waals surface area contributed by atoms with Gasteiger partial charge in [0.15, 0.2) is 0 Å². The Morgan fingerprint density at radius 2 is 1.76 bits per heavy atom. The van der Waals surface area contributed by atoms with Crippen LogP contribution >= 0.6 is 27.5 Å². The molecule has 3 aromatic rings. The number of halogens is 3. The largest absolute Gasteiger partial charge is 0.305 e. The molecule has 4 rings (SSSR count). The van der Waals surface area contributed by atoms with E-state index in [4.69, 9.17) is 11.6 Å². The van der Waals surface area contributed by atoms with Crippen LogP contribution in [-0.2, 0) is 4.79 Å². The fourth-order valence-corrected chi connectivity index (χ4v) is 4.86. The van der Waals surface area contributed by atoms with Crippen LogP contribution in [-0.4, -0.2) is 17.9 Å². The molecule has 33 heavy (non-hydrogen) atoms. The van der Waals surface area contributed by atoms with Gasteiger partial charge >= 0.3 is 0 Å². The van der Waals surface area contributed by atoms with Crippen molar-refractivity contribution >= 4 is 50.7 Å². The van der Waals surface area contributed by atoms with Crippen LogP contribution in [0.5, 0.6) is 0 Å². The highest BCUT2D eigenvalue weighted by molar-refractivity contribution is 9.10. The summed E-state index contributed by atoms with van der Waals surface area (Å²) in [4.78, 5) is 30.1. The Balaban J connectivity index is 1.82. The zero-order valence-electron chi connectivity index (χ0n) is 18.3. The van der Waals surface area contributed by atoms with Gasteiger partial charge in [-0.05, 0) is 85.6 Å². The van der Waals surface area contributed by atoms with Crippen LogP contribution in [0.4, 0.5) is 15.8 Å². The molecule has 2 atom stereocenters. The van der Waals surface area contributed by atoms with Crippen molar-refractivity contribution in [3.05, 3.63) is 93.2 Å². The van der Waals surface area contributed by atoms with Crippen molar-refractivity contribution in [1.29, 1.82) is 0 Å². The number of amides is 2. The van der Waals surface area contributed by atoms with Gasteiger partial charge in [-0.25, -0.2) is 4.39 Å². The van der Waals surface area contributed by atoms with Crippen molar-refractivity contribution in [3.8, 4) is 0 Å². The number of anilines is 2. The first-order valence-electron chi connectivity index (χ1n) is 10.8. The lowest BCUT2D eigenvalue weighted by Crippen LogP contribution is -2.47. The predicted octanol–water partition coefficient (Wildman–Crippen LogP) is 7.16. The maximum atomic E-state index is 13.4. The molecule has 1 aliphatic rings. The van der Waals surface area contributed by atoms with E-state index in [-0.39, 0.29) is 29.7 Å². The summed E-state index contributed by atoms with van der Waals surface area (Å²) in [5, 5.41) is 0.596. The molecule has 7 heteroatoms. The van der Waals surface area contributed by atoms with Gasteiger partial charge in [0.1, 0.15) is 5.82 Å². The number of rotatable bonds is 4. The summed E-state index contributed by atoms with van der Waals surface area (Å²) < 4.78 is 14.3. The zero-order valence-corrected chi connectivity index (χ0v) is 20.6. The van der Waals surface area contributed by atoms with Crippen LogP contribution < -0.4 is 9.80 Å². The van der Waals surface area contributed by atoms with E-state index in [0.717, 1.165) is 21.4 Å². The first-order chi connectivity index (χ1) is 15.8. The number of hydrogen-bond acceptors (Lipinski definition) is 2. The van der Waals surface area contributed by atoms with Crippen molar-refractivity contribution in [3.63, 3.8) is 0 Å². The average molecular weight is 530 g/mol. The molecule has 0 radical (unpaired) electrons. The Bertz CT molecular complexity index is 1180. The summed E-state index contributed by atoms with van der Waals surface area (Å²) in [5.74, 6) is -0.609. The second-order valence-electron chi connectivity index (χ2n) is 8.08. The van der Waals surface area contributed by atoms with Gasteiger partial charge in [-0.15, -0.1) is 0 Å². The summed E-state index contributed by atoms with van der Waals surface area (Å²) in [5.41, 5.74) is 2.77. The third kappa shape index (κ3) is 4.68. The normalized spacial score (nSPS) is 17.4. The third-order valence-corrected chi connectivity index (χ3v) is 6.66. The fourth-order valence-electron chi connectivity index (χ4n) is 4.36. The average Bonchev–Trinajstić information content (AvgIpc) is 2.80. The van der Waals surface area contributed by atoms with Crippen molar-refractivity contribution in [2.45, 2.75) is 38.8 Å². The molecule has 0 fully saturated rings. The number of carbonyl (C=O) groups excluding carboxylic acids is 2. The predicted molar refractivity (Wildman–Crippen MR) is 133 cm³/mol. The number of carbonyl (C=O) groups is 2. The Labute approximate surface area is 206 Å². The molecule has 2 amide bonds. The summed E-state index contributed by atoms with van der Waals surface area (Å²) >= 11 is 9.63. The number of fused-ring (bicyclic) bond motifs is 1. The summed E-state index contributed by atoms with van der Waals surface area (Å²) in [6.45, 7) is 3.81. The van der Waals surface area contributed by atoms with Crippen LogP contribution in [0, 0.1) is 5.82 Å². The molecule has 0 aliphatic carbocycles. The van der Waals surface area contributed by atoms with Gasteiger partial charge in [-0.3, -0.25) is 9.59 Å². The van der Waals surface area contributed by atoms with Gasteiger partial charge in [0.05, 0.1) is 6.04 Å². The van der Waals surface area contributed by atoms with Crippen LogP contribution in [0.15, 0.2) is 71.2 Å². The third-order valence-electron chi connectivity index (χ3n) is 5.91. The maximum absolute atomic E-state index is 13.4. The highest BCUT2D eigenvalue weighted by Crippen LogP contribution is 2.44. The molecule has 2 unspecified atom stereocenters. The minimum atomic E-state index is -0.390. The lowest BCUT2D eigenvalue weighted by atomic mass is 9.89. The highest BCUT2D eigenvalue weighted by atomic mass is 79.9. The van der Waals surface area contributed by atoms with Gasteiger partial charge in [0, 0.05) is 38.9 Å². The summed E-state index contributed by atoms with van der Waals surface area (Å²) in [6.07, 6.45) is 0.889. The van der Waals surface area contributed by atoms with E-state index in [2.05, 4.69) is 15.9 Å². The van der Waals surface area contributed by atoms with Gasteiger partial charge < -0.3 is 9.80 Å². The van der Waals surface area contributed by atoms with Crippen LogP contribution in [0.2, 0.25) is 5.02 Å². The number of nitrogens with zero attached hydrogens (tertiary/aromatic N) is 2. The quantitative estimate of drug-likeness (QED) is 0.360. The Morgan fingerprint density at radius 1 is 1.09 bits per heavy atom. The molecule has 0 saturated heterocycles. The van der Waals surface area contributed by atoms with Crippen LogP contribution in [0.3, 0.4) is 0 Å². The smallest absolute Gasteiger partial charge is 0.258 e. The lowest BCUT2D eigenvalue weighted by molar-refractivity contribution is -0.118. The number of benzene rings is 3. The fraction of sp³-hybridized carbons (Fsp3) is 0.231. The molecule has 170 valence electrons. The van der Waals surface area contributed by atoms with Crippen molar-refractivity contribution in [2.24, 2.45) is 0 Å². The van der Waals surface area contributed by atoms with Crippen LogP contribution in [0.1, 0.15) is 48.7 Å². The van der Waals surface area contributed by atoms with Gasteiger partial charge in [0.2, 0.25) is 5.91 Å². The first kappa shape index (κ1) is 23.5. The molecule has 0 saturated carbocycles. The summed E-state index contributed by atoms with van der Waals surface area (Å²) in [7, 11) is 0. The second kappa shape index (κ2) is 9.65. The zero-order chi connectivity index (χ0) is 23.7. The Kier molecular flexibility index (Phi) is 6.86. The molecule has 1 heterocycles. The lowest BCUT2D eigenvalue weighted by Gasteiger charge is -2.43. The standard InChI is InChI=1S/C26H23BrClFN2O2/c1-3-25(32)31(21-11-7-19(28)8-12-21)24-14-16(2)30(23-13-6-18(27)15-22(23)24)26(33)17-4-9-20(29)10-5-17/h4-13,15-16,24H,3,14H2,1-2H3. The van der Waals surface area contributed by atoms with E-state index in [1.54, 1.807) is 21.9 Å². The van der Waals surface area contributed by atoms with E-state index in [9.17, 15) is 14.0 Å². The van der Waals surface area contributed by atoms with Gasteiger partial charge in [-0.2, -0.15) is 0 Å². The molecule has 0 bridgehead atoms. The minimum absolute atomic E-state index is 0.0150. The molecule has 0 spiro atoms. The van der Waals surface area contributed by atoms with Gasteiger partial charge in [-0.1, -0.05) is 34.5 Å². The highest BCUT2D eigenvalue weighted by Gasteiger charge is 2.38. The van der Waals surface area contributed by atoms with Crippen molar-refractivity contribution in [2.75, 3.05) is 9.80 Å². The molecule has 0 aromatic heterocycles. The van der Waals surface area contributed by atoms with Crippen molar-refractivity contribution < 1.29 is 14.0 Å². The molecular weight excluding hydrogens is 507 g/mol. The molecule has 1 aliphatic heterocycles. The van der Waals surface area contributed by atoms with E-state index < -0.39 is 0 Å². The van der Waals surface area contributed by atoms with Gasteiger partial charge in [0.25, 0.3) is 5.91 Å². The van der Waals surface area contributed by atoms with E-state index in [1.165, 1.54) is 24.3 Å². The Morgan fingerprint density at radius 3 is 2.39 bits per heavy atom. The minimum Gasteiger partial charge on any atom is -0.305 e. The molecule has 3 aromatic carbocycles. The monoisotopic (exact) mass is 528 g/mol. The second-order valence-corrected chi connectivity index (χ2v) is 9.43. The van der Waals surface area contributed by atoms with Crippen molar-refractivity contribution in [1.82, 2.24) is 0 Å². The summed E-state index contributed by atoms with van der Waals surface area (Å²) in [6, 6.07) is 18.1. The van der Waals surface area contributed by atoms with Crippen LogP contribution in [0.25, 0.3) is 0 Å². The van der Waals surface area contributed by atoms with E-state index >= 15 is 0 Å². The van der Waals surface area contributed by atoms with E-state index in [1.807, 2.05) is 44.2 Å². The SMILES string of the molecule is CCC(=O)N(c1ccc(Cl)cc1)C1CC(C)N(C(=O)c2ccc(F)cc2)c2ccc(Br)cc21. The number of hydrogen-bond donors (Lipinski definition) is 0. The Hall–Kier alpha value is -2.70. The molecule has 4 nitrogen and oxygen atoms in total. The van der Waals surface area contributed by atoms with E-state index in [0.29, 0.717) is 23.4 Å². The first-order valence-corrected chi connectivity index (χ1v) is 11.9. The molecular formula is C26H23BrClFN2O2. The maximum Gasteiger partial charge on any atom is 0.258 e. The molecule has 0 N–H and O–H groups in total.